The van der Waals surface area contributed by atoms with Crippen LogP contribution in [0.1, 0.15) is 0 Å². The smallest absolute Gasteiger partial charge is 0.135 e. The van der Waals surface area contributed by atoms with Gasteiger partial charge in [-0.25, -0.2) is 0 Å². The van der Waals surface area contributed by atoms with Crippen LogP contribution in [0.3, 0.4) is 0 Å². The Balaban J connectivity index is 1.08. The number of para-hydroxylation sites is 3. The molecule has 0 spiro atoms. The van der Waals surface area contributed by atoms with Crippen molar-refractivity contribution in [1.29, 1.82) is 0 Å². The lowest BCUT2D eigenvalue weighted by Crippen LogP contribution is -2.10. The van der Waals surface area contributed by atoms with E-state index in [1.54, 1.807) is 0 Å². The summed E-state index contributed by atoms with van der Waals surface area (Å²) in [5.41, 5.74) is 17.0. The molecule has 58 heavy (non-hydrogen) atoms. The first-order valence-electron chi connectivity index (χ1n) is 19.8. The zero-order valence-electron chi connectivity index (χ0n) is 31.3. The molecular weight excluding hydrogens is 707 g/mol. The summed E-state index contributed by atoms with van der Waals surface area (Å²) in [6.45, 7) is 0. The molecule has 4 heteroatoms. The molecule has 9 aromatic carbocycles. The second-order valence-electron chi connectivity index (χ2n) is 15.3. The Bertz CT molecular complexity index is 3740. The Labute approximate surface area is 333 Å². The zero-order chi connectivity index (χ0) is 37.9. The second-order valence-corrected chi connectivity index (χ2v) is 15.3. The number of furan rings is 1. The number of anilines is 3. The summed E-state index contributed by atoms with van der Waals surface area (Å²) in [6, 6.07) is 72.6. The van der Waals surface area contributed by atoms with Crippen molar-refractivity contribution in [1.82, 2.24) is 8.80 Å². The summed E-state index contributed by atoms with van der Waals surface area (Å²) >= 11 is 0. The van der Waals surface area contributed by atoms with E-state index in [0.717, 1.165) is 50.1 Å². The summed E-state index contributed by atoms with van der Waals surface area (Å²) in [6.07, 6.45) is 0. The van der Waals surface area contributed by atoms with Crippen LogP contribution in [0.2, 0.25) is 0 Å². The van der Waals surface area contributed by atoms with E-state index in [0.29, 0.717) is 0 Å². The molecule has 0 atom stereocenters. The third-order valence-electron chi connectivity index (χ3n) is 12.2. The van der Waals surface area contributed by atoms with Crippen molar-refractivity contribution in [2.24, 2.45) is 0 Å². The van der Waals surface area contributed by atoms with Gasteiger partial charge in [-0.15, -0.1) is 0 Å². The zero-order valence-corrected chi connectivity index (χ0v) is 31.3. The number of aromatic nitrogens is 2. The molecule has 13 aromatic rings. The number of hydrogen-bond acceptors (Lipinski definition) is 2. The van der Waals surface area contributed by atoms with Gasteiger partial charge in [-0.3, -0.25) is 0 Å². The van der Waals surface area contributed by atoms with Crippen molar-refractivity contribution in [2.75, 3.05) is 4.90 Å². The van der Waals surface area contributed by atoms with Gasteiger partial charge in [0.05, 0.1) is 33.1 Å². The molecule has 0 radical (unpaired) electrons. The fourth-order valence-electron chi connectivity index (χ4n) is 9.63. The fraction of sp³-hybridized carbons (Fsp3) is 0. The molecule has 0 fully saturated rings. The van der Waals surface area contributed by atoms with Gasteiger partial charge in [0, 0.05) is 49.4 Å². The lowest BCUT2D eigenvalue weighted by atomic mass is 9.99. The highest BCUT2D eigenvalue weighted by Crippen LogP contribution is 2.45. The first kappa shape index (κ1) is 31.4. The normalized spacial score (nSPS) is 12.1. The first-order chi connectivity index (χ1) is 28.8. The van der Waals surface area contributed by atoms with Gasteiger partial charge in [0.15, 0.2) is 0 Å². The van der Waals surface area contributed by atoms with Gasteiger partial charge in [-0.05, 0) is 89.0 Å². The Morgan fingerprint density at radius 1 is 0.293 bits per heavy atom. The molecular formula is C54H33N3O. The summed E-state index contributed by atoms with van der Waals surface area (Å²) in [5, 5.41) is 7.27. The van der Waals surface area contributed by atoms with Crippen molar-refractivity contribution >= 4 is 93.6 Å². The van der Waals surface area contributed by atoms with Crippen molar-refractivity contribution in [2.45, 2.75) is 0 Å². The van der Waals surface area contributed by atoms with Gasteiger partial charge in [0.25, 0.3) is 0 Å². The van der Waals surface area contributed by atoms with Gasteiger partial charge >= 0.3 is 0 Å². The van der Waals surface area contributed by atoms with Gasteiger partial charge < -0.3 is 18.1 Å². The topological polar surface area (TPSA) is 25.2 Å². The lowest BCUT2D eigenvalue weighted by Gasteiger charge is -2.27. The van der Waals surface area contributed by atoms with E-state index >= 15 is 0 Å². The highest BCUT2D eigenvalue weighted by Gasteiger charge is 2.23. The average molecular weight is 740 g/mol. The van der Waals surface area contributed by atoms with E-state index in [1.165, 1.54) is 65.8 Å². The third-order valence-corrected chi connectivity index (χ3v) is 12.2. The van der Waals surface area contributed by atoms with Crippen LogP contribution >= 0.6 is 0 Å². The van der Waals surface area contributed by atoms with Crippen molar-refractivity contribution in [3.63, 3.8) is 0 Å². The minimum Gasteiger partial charge on any atom is -0.456 e. The van der Waals surface area contributed by atoms with Crippen molar-refractivity contribution < 1.29 is 4.42 Å². The highest BCUT2D eigenvalue weighted by molar-refractivity contribution is 6.25. The van der Waals surface area contributed by atoms with Crippen molar-refractivity contribution in [3.05, 3.63) is 200 Å². The summed E-state index contributed by atoms with van der Waals surface area (Å²) in [4.78, 5) is 2.40. The SMILES string of the molecule is c1ccc(-c2ccc(-c3cccc(N(c4ccc5oc6ccccc6c5c4)c4ccc5c(c4)n4c6ccccc6c6ccc7c8ccccc8n5c7c64)c3)cc2)cc1. The summed E-state index contributed by atoms with van der Waals surface area (Å²) in [5.74, 6) is 0. The van der Waals surface area contributed by atoms with E-state index in [4.69, 9.17) is 4.42 Å². The van der Waals surface area contributed by atoms with Crippen LogP contribution in [0.4, 0.5) is 17.1 Å². The maximum atomic E-state index is 6.32. The predicted molar refractivity (Wildman–Crippen MR) is 242 cm³/mol. The molecule has 0 unspecified atom stereocenters. The first-order valence-corrected chi connectivity index (χ1v) is 19.8. The van der Waals surface area contributed by atoms with Crippen LogP contribution < -0.4 is 4.90 Å². The van der Waals surface area contributed by atoms with Crippen LogP contribution in [0, 0.1) is 0 Å². The van der Waals surface area contributed by atoms with Crippen LogP contribution in [0.5, 0.6) is 0 Å². The van der Waals surface area contributed by atoms with Crippen LogP contribution in [-0.4, -0.2) is 8.80 Å². The molecule has 4 aromatic heterocycles. The Hall–Kier alpha value is -7.82. The number of benzene rings is 9. The van der Waals surface area contributed by atoms with Gasteiger partial charge in [-0.1, -0.05) is 133 Å². The minimum absolute atomic E-state index is 0.879. The second kappa shape index (κ2) is 11.8. The maximum Gasteiger partial charge on any atom is 0.135 e. The van der Waals surface area contributed by atoms with Crippen LogP contribution in [0.25, 0.3) is 98.8 Å². The fourth-order valence-corrected chi connectivity index (χ4v) is 9.63. The number of hydrogen-bond donors (Lipinski definition) is 0. The Kier molecular flexibility index (Phi) is 6.41. The maximum absolute atomic E-state index is 6.32. The quantitative estimate of drug-likeness (QED) is 0.164. The highest BCUT2D eigenvalue weighted by atomic mass is 16.3. The van der Waals surface area contributed by atoms with Crippen LogP contribution in [0.15, 0.2) is 205 Å². The molecule has 270 valence electrons. The molecule has 0 saturated heterocycles. The minimum atomic E-state index is 0.879. The average Bonchev–Trinajstić information content (AvgIpc) is 3.95. The van der Waals surface area contributed by atoms with E-state index in [2.05, 4.69) is 202 Å². The predicted octanol–water partition coefficient (Wildman–Crippen LogP) is 14.9. The number of nitrogens with zero attached hydrogens (tertiary/aromatic N) is 3. The molecule has 0 aliphatic rings. The molecule has 0 saturated carbocycles. The number of rotatable bonds is 5. The monoisotopic (exact) mass is 739 g/mol. The molecule has 4 nitrogen and oxygen atoms in total. The molecule has 0 amide bonds. The molecule has 0 aliphatic heterocycles. The van der Waals surface area contributed by atoms with E-state index in [-0.39, 0.29) is 0 Å². The van der Waals surface area contributed by atoms with Gasteiger partial charge in [0.1, 0.15) is 11.2 Å². The molecule has 13 rings (SSSR count). The van der Waals surface area contributed by atoms with Gasteiger partial charge in [0.2, 0.25) is 0 Å². The number of fused-ring (bicyclic) bond motifs is 12. The summed E-state index contributed by atoms with van der Waals surface area (Å²) < 4.78 is 11.3. The molecule has 0 N–H and O–H groups in total. The molecule has 0 aliphatic carbocycles. The Morgan fingerprint density at radius 3 is 1.57 bits per heavy atom. The third kappa shape index (κ3) is 4.40. The molecule has 0 bridgehead atoms. The Morgan fingerprint density at radius 2 is 0.828 bits per heavy atom. The standard InChI is InChI=1S/C54H33N3O/c1-2-11-34(12-3-1)35-21-23-36(24-22-35)37-13-10-14-38(31-37)55(39-26-30-52-46(32-39)43-17-6-9-20-51(43)58-52)40-25-29-49-50(33-40)57-48-19-8-5-16-42(48)45-28-27-44-41-15-4-7-18-47(41)56(49)53(44)54(45)57/h1-33H. The van der Waals surface area contributed by atoms with E-state index in [1.807, 2.05) is 12.1 Å². The van der Waals surface area contributed by atoms with Gasteiger partial charge in [-0.2, -0.15) is 0 Å². The van der Waals surface area contributed by atoms with Crippen LogP contribution in [-0.2, 0) is 0 Å². The summed E-state index contributed by atoms with van der Waals surface area (Å²) in [7, 11) is 0. The van der Waals surface area contributed by atoms with E-state index in [9.17, 15) is 0 Å². The largest absolute Gasteiger partial charge is 0.456 e. The van der Waals surface area contributed by atoms with Crippen molar-refractivity contribution in [3.8, 4) is 22.3 Å². The lowest BCUT2D eigenvalue weighted by molar-refractivity contribution is 0.669. The molecule has 4 heterocycles. The van der Waals surface area contributed by atoms with E-state index < -0.39 is 0 Å².